The van der Waals surface area contributed by atoms with Crippen LogP contribution in [0.4, 0.5) is 13.2 Å². The number of aliphatic hydroxyl groups is 1. The Balaban J connectivity index is 2.50. The standard InChI is InChI=1S/C12H15F3O2S/c1-18-7-6-10(16)8-9-2-4-11(5-3-9)17-12(13,14)15/h2-5,10,16H,6-8H2,1H3. The molecule has 1 N–H and O–H groups in total. The molecule has 102 valence electrons. The number of ether oxygens (including phenoxy) is 1. The van der Waals surface area contributed by atoms with Gasteiger partial charge in [0.05, 0.1) is 6.10 Å². The van der Waals surface area contributed by atoms with Gasteiger partial charge in [-0.1, -0.05) is 12.1 Å². The lowest BCUT2D eigenvalue weighted by atomic mass is 10.1. The van der Waals surface area contributed by atoms with Gasteiger partial charge in [0.1, 0.15) is 5.75 Å². The molecule has 0 saturated heterocycles. The Hall–Kier alpha value is -0.880. The van der Waals surface area contributed by atoms with E-state index in [1.807, 2.05) is 6.26 Å². The van der Waals surface area contributed by atoms with Crippen LogP contribution in [0.3, 0.4) is 0 Å². The predicted octanol–water partition coefficient (Wildman–Crippen LogP) is 3.24. The van der Waals surface area contributed by atoms with E-state index in [4.69, 9.17) is 0 Å². The molecule has 1 aromatic carbocycles. The highest BCUT2D eigenvalue weighted by atomic mass is 32.2. The lowest BCUT2D eigenvalue weighted by Gasteiger charge is -2.11. The molecule has 0 bridgehead atoms. The van der Waals surface area contributed by atoms with Crippen LogP contribution in [-0.2, 0) is 6.42 Å². The van der Waals surface area contributed by atoms with Gasteiger partial charge in [0.2, 0.25) is 0 Å². The predicted molar refractivity (Wildman–Crippen MR) is 65.8 cm³/mol. The number of benzene rings is 1. The van der Waals surface area contributed by atoms with E-state index in [1.54, 1.807) is 11.8 Å². The largest absolute Gasteiger partial charge is 0.573 e. The van der Waals surface area contributed by atoms with Crippen molar-refractivity contribution < 1.29 is 23.0 Å². The highest BCUT2D eigenvalue weighted by Gasteiger charge is 2.30. The minimum atomic E-state index is -4.67. The molecule has 2 nitrogen and oxygen atoms in total. The molecule has 6 heteroatoms. The molecule has 1 aromatic rings. The molecule has 18 heavy (non-hydrogen) atoms. The van der Waals surface area contributed by atoms with Crippen LogP contribution in [-0.4, -0.2) is 29.6 Å². The summed E-state index contributed by atoms with van der Waals surface area (Å²) in [6.07, 6.45) is -2.07. The molecule has 0 fully saturated rings. The first-order valence-corrected chi connectivity index (χ1v) is 6.82. The van der Waals surface area contributed by atoms with Gasteiger partial charge >= 0.3 is 6.36 Å². The summed E-state index contributed by atoms with van der Waals surface area (Å²) in [6, 6.07) is 5.57. The van der Waals surface area contributed by atoms with Crippen LogP contribution >= 0.6 is 11.8 Å². The highest BCUT2D eigenvalue weighted by molar-refractivity contribution is 7.98. The van der Waals surface area contributed by atoms with Crippen molar-refractivity contribution in [3.63, 3.8) is 0 Å². The number of aliphatic hydroxyl groups excluding tert-OH is 1. The number of rotatable bonds is 6. The van der Waals surface area contributed by atoms with Gasteiger partial charge in [0.25, 0.3) is 0 Å². The molecule has 0 heterocycles. The summed E-state index contributed by atoms with van der Waals surface area (Å²) in [7, 11) is 0. The monoisotopic (exact) mass is 280 g/mol. The van der Waals surface area contributed by atoms with E-state index < -0.39 is 12.5 Å². The second-order valence-electron chi connectivity index (χ2n) is 3.83. The second kappa shape index (κ2) is 6.89. The smallest absolute Gasteiger partial charge is 0.406 e. The van der Waals surface area contributed by atoms with Crippen molar-refractivity contribution in [2.75, 3.05) is 12.0 Å². The lowest BCUT2D eigenvalue weighted by Crippen LogP contribution is -2.17. The third kappa shape index (κ3) is 6.16. The number of alkyl halides is 3. The quantitative estimate of drug-likeness (QED) is 0.867. The molecule has 0 aliphatic rings. The van der Waals surface area contributed by atoms with Crippen LogP contribution < -0.4 is 4.74 Å². The van der Waals surface area contributed by atoms with Crippen molar-refractivity contribution in [3.05, 3.63) is 29.8 Å². The van der Waals surface area contributed by atoms with Gasteiger partial charge in [0.15, 0.2) is 0 Å². The summed E-state index contributed by atoms with van der Waals surface area (Å²) < 4.78 is 39.5. The Kier molecular flexibility index (Phi) is 5.81. The highest BCUT2D eigenvalue weighted by Crippen LogP contribution is 2.23. The van der Waals surface area contributed by atoms with Crippen LogP contribution in [0.5, 0.6) is 5.75 Å². The van der Waals surface area contributed by atoms with Crippen LogP contribution in [0.15, 0.2) is 24.3 Å². The zero-order chi connectivity index (χ0) is 13.6. The van der Waals surface area contributed by atoms with E-state index in [2.05, 4.69) is 4.74 Å². The molecule has 0 radical (unpaired) electrons. The number of hydrogen-bond donors (Lipinski definition) is 1. The average Bonchev–Trinajstić information content (AvgIpc) is 2.27. The van der Waals surface area contributed by atoms with Crippen molar-refractivity contribution in [2.24, 2.45) is 0 Å². The third-order valence-corrected chi connectivity index (χ3v) is 2.93. The molecule has 0 spiro atoms. The van der Waals surface area contributed by atoms with E-state index in [9.17, 15) is 18.3 Å². The molecule has 0 aliphatic carbocycles. The lowest BCUT2D eigenvalue weighted by molar-refractivity contribution is -0.274. The fraction of sp³-hybridized carbons (Fsp3) is 0.500. The maximum atomic E-state index is 11.9. The first kappa shape index (κ1) is 15.2. The third-order valence-electron chi connectivity index (χ3n) is 2.28. The minimum absolute atomic E-state index is 0.246. The normalized spacial score (nSPS) is 13.4. The molecule has 1 rings (SSSR count). The first-order chi connectivity index (χ1) is 8.40. The van der Waals surface area contributed by atoms with E-state index in [-0.39, 0.29) is 5.75 Å². The summed E-state index contributed by atoms with van der Waals surface area (Å²) >= 11 is 1.64. The Labute approximate surface area is 108 Å². The summed E-state index contributed by atoms with van der Waals surface area (Å²) in [5, 5.41) is 9.66. The molecule has 0 saturated carbocycles. The topological polar surface area (TPSA) is 29.5 Å². The van der Waals surface area contributed by atoms with Crippen molar-refractivity contribution >= 4 is 11.8 Å². The number of thioether (sulfide) groups is 1. The molecular formula is C12H15F3O2S. The maximum absolute atomic E-state index is 11.9. The zero-order valence-electron chi connectivity index (χ0n) is 9.91. The summed E-state index contributed by atoms with van der Waals surface area (Å²) in [5.41, 5.74) is 0.790. The van der Waals surface area contributed by atoms with Crippen molar-refractivity contribution in [1.29, 1.82) is 0 Å². The molecule has 0 amide bonds. The molecular weight excluding hydrogens is 265 g/mol. The average molecular weight is 280 g/mol. The fourth-order valence-corrected chi connectivity index (χ4v) is 1.96. The van der Waals surface area contributed by atoms with Crippen molar-refractivity contribution in [1.82, 2.24) is 0 Å². The van der Waals surface area contributed by atoms with Crippen molar-refractivity contribution in [3.8, 4) is 5.75 Å². The summed E-state index contributed by atoms with van der Waals surface area (Å²) in [6.45, 7) is 0. The molecule has 1 atom stereocenters. The first-order valence-electron chi connectivity index (χ1n) is 5.42. The van der Waals surface area contributed by atoms with E-state index in [0.717, 1.165) is 11.3 Å². The van der Waals surface area contributed by atoms with Gasteiger partial charge in [0, 0.05) is 0 Å². The van der Waals surface area contributed by atoms with Crippen LogP contribution in [0.25, 0.3) is 0 Å². The summed E-state index contributed by atoms with van der Waals surface area (Å²) in [4.78, 5) is 0. The minimum Gasteiger partial charge on any atom is -0.406 e. The van der Waals surface area contributed by atoms with Gasteiger partial charge in [-0.3, -0.25) is 0 Å². The van der Waals surface area contributed by atoms with Gasteiger partial charge in [-0.25, -0.2) is 0 Å². The van der Waals surface area contributed by atoms with Crippen molar-refractivity contribution in [2.45, 2.75) is 25.3 Å². The van der Waals surface area contributed by atoms with E-state index >= 15 is 0 Å². The molecule has 0 aromatic heterocycles. The molecule has 1 unspecified atom stereocenters. The van der Waals surface area contributed by atoms with Crippen LogP contribution in [0, 0.1) is 0 Å². The zero-order valence-corrected chi connectivity index (χ0v) is 10.7. The van der Waals surface area contributed by atoms with Gasteiger partial charge in [-0.2, -0.15) is 11.8 Å². The van der Waals surface area contributed by atoms with Gasteiger partial charge in [-0.05, 0) is 42.5 Å². The Bertz CT molecular complexity index is 351. The fourth-order valence-electron chi connectivity index (χ4n) is 1.46. The molecule has 0 aliphatic heterocycles. The number of hydrogen-bond acceptors (Lipinski definition) is 3. The van der Waals surface area contributed by atoms with Gasteiger partial charge < -0.3 is 9.84 Å². The number of halogens is 3. The van der Waals surface area contributed by atoms with Gasteiger partial charge in [-0.15, -0.1) is 13.2 Å². The Morgan fingerprint density at radius 3 is 2.39 bits per heavy atom. The SMILES string of the molecule is CSCCC(O)Cc1ccc(OC(F)(F)F)cc1. The van der Waals surface area contributed by atoms with Crippen LogP contribution in [0.1, 0.15) is 12.0 Å². The Morgan fingerprint density at radius 2 is 1.89 bits per heavy atom. The summed E-state index contributed by atoms with van der Waals surface area (Å²) in [5.74, 6) is 0.612. The van der Waals surface area contributed by atoms with E-state index in [0.29, 0.717) is 12.8 Å². The van der Waals surface area contributed by atoms with Crippen LogP contribution in [0.2, 0.25) is 0 Å². The second-order valence-corrected chi connectivity index (χ2v) is 4.82. The maximum Gasteiger partial charge on any atom is 0.573 e. The Morgan fingerprint density at radius 1 is 1.28 bits per heavy atom. The van der Waals surface area contributed by atoms with E-state index in [1.165, 1.54) is 24.3 Å².